The van der Waals surface area contributed by atoms with Crippen molar-refractivity contribution >= 4 is 67.1 Å². The fourth-order valence-electron chi connectivity index (χ4n) is 4.38. The maximum Gasteiger partial charge on any atom is 0.341 e. The number of fused-ring (bicyclic) bond motifs is 1. The molecular weight excluding hydrogens is 534 g/mol. The Balaban J connectivity index is 1.64. The van der Waals surface area contributed by atoms with Gasteiger partial charge in [0.15, 0.2) is 0 Å². The van der Waals surface area contributed by atoms with E-state index in [2.05, 4.69) is 5.32 Å². The van der Waals surface area contributed by atoms with Crippen molar-refractivity contribution in [3.63, 3.8) is 0 Å². The third kappa shape index (κ3) is 5.26. The van der Waals surface area contributed by atoms with Gasteiger partial charge in [-0.1, -0.05) is 18.0 Å². The number of nitrogens with zero attached hydrogens (tertiary/aromatic N) is 2. The van der Waals surface area contributed by atoms with Crippen LogP contribution < -0.4 is 5.32 Å². The van der Waals surface area contributed by atoms with Gasteiger partial charge in [0, 0.05) is 24.9 Å². The Bertz CT molecular complexity index is 1260. The molecule has 0 aliphatic carbocycles. The Morgan fingerprint density at radius 3 is 2.63 bits per heavy atom. The van der Waals surface area contributed by atoms with Crippen molar-refractivity contribution in [2.45, 2.75) is 56.3 Å². The number of rotatable bonds is 6. The molecule has 0 radical (unpaired) electrons. The van der Waals surface area contributed by atoms with Gasteiger partial charge in [-0.25, -0.2) is 13.2 Å². The van der Waals surface area contributed by atoms with Crippen LogP contribution in [-0.2, 0) is 37.3 Å². The van der Waals surface area contributed by atoms with E-state index >= 15 is 0 Å². The Kier molecular flexibility index (Phi) is 7.86. The van der Waals surface area contributed by atoms with Crippen molar-refractivity contribution in [3.8, 4) is 0 Å². The number of esters is 1. The average molecular weight is 560 g/mol. The van der Waals surface area contributed by atoms with E-state index in [0.717, 1.165) is 21.8 Å². The lowest BCUT2D eigenvalue weighted by Crippen LogP contribution is -2.49. The quantitative estimate of drug-likeness (QED) is 0.540. The Labute approximate surface area is 217 Å². The number of hydrogen-bond acceptors (Lipinski definition) is 8. The molecular formula is C22H26ClN3O6S3. The summed E-state index contributed by atoms with van der Waals surface area (Å²) < 4.78 is 33.5. The van der Waals surface area contributed by atoms with Crippen LogP contribution >= 0.6 is 34.3 Å². The van der Waals surface area contributed by atoms with E-state index < -0.39 is 27.9 Å². The summed E-state index contributed by atoms with van der Waals surface area (Å²) in [6.07, 6.45) is 2.18. The SMILES string of the molecule is CCOC(=O)c1c(NC(=O)C2CCCCN2S(=O)(=O)c2ccc(Cl)s2)sc2c1CCN(C(C)=O)C2. The summed E-state index contributed by atoms with van der Waals surface area (Å²) in [5.41, 5.74) is 1.06. The second-order valence-corrected chi connectivity index (χ2v) is 13.2. The highest BCUT2D eigenvalue weighted by Crippen LogP contribution is 2.39. The van der Waals surface area contributed by atoms with Crippen molar-refractivity contribution in [2.24, 2.45) is 0 Å². The summed E-state index contributed by atoms with van der Waals surface area (Å²) >= 11 is 8.13. The number of carbonyl (C=O) groups is 3. The van der Waals surface area contributed by atoms with Gasteiger partial charge in [-0.15, -0.1) is 22.7 Å². The Morgan fingerprint density at radius 2 is 1.97 bits per heavy atom. The first-order valence-electron chi connectivity index (χ1n) is 11.3. The summed E-state index contributed by atoms with van der Waals surface area (Å²) in [5.74, 6) is -1.11. The maximum atomic E-state index is 13.4. The lowest BCUT2D eigenvalue weighted by Gasteiger charge is -2.33. The fraction of sp³-hybridized carbons (Fsp3) is 0.500. The van der Waals surface area contributed by atoms with E-state index in [1.807, 2.05) is 0 Å². The normalized spacial score (nSPS) is 18.7. The average Bonchev–Trinajstić information content (AvgIpc) is 3.42. The van der Waals surface area contributed by atoms with Gasteiger partial charge in [0.2, 0.25) is 11.8 Å². The lowest BCUT2D eigenvalue weighted by molar-refractivity contribution is -0.129. The number of piperidine rings is 1. The molecule has 9 nitrogen and oxygen atoms in total. The molecule has 2 aliphatic rings. The van der Waals surface area contributed by atoms with Crippen molar-refractivity contribution in [1.29, 1.82) is 0 Å². The highest BCUT2D eigenvalue weighted by Gasteiger charge is 2.39. The standard InChI is InChI=1S/C22H26ClN3O6S3/c1-3-32-22(29)19-14-9-11-25(13(2)27)12-16(14)33-21(19)24-20(28)15-6-4-5-10-26(15)35(30,31)18-8-7-17(23)34-18/h7-8,15H,3-6,9-12H2,1-2H3,(H,24,28). The monoisotopic (exact) mass is 559 g/mol. The molecule has 1 atom stereocenters. The number of sulfonamides is 1. The third-order valence-corrected chi connectivity index (χ3v) is 10.8. The van der Waals surface area contributed by atoms with Crippen molar-refractivity contribution < 1.29 is 27.5 Å². The first kappa shape index (κ1) is 26.1. The maximum absolute atomic E-state index is 13.4. The molecule has 4 heterocycles. The fourth-order valence-corrected chi connectivity index (χ4v) is 8.90. The molecule has 1 saturated heterocycles. The largest absolute Gasteiger partial charge is 0.462 e. The number of carbonyl (C=O) groups excluding carboxylic acids is 3. The Morgan fingerprint density at radius 1 is 1.20 bits per heavy atom. The van der Waals surface area contributed by atoms with E-state index in [0.29, 0.717) is 53.7 Å². The molecule has 2 aliphatic heterocycles. The summed E-state index contributed by atoms with van der Waals surface area (Å²) in [6.45, 7) is 4.40. The van der Waals surface area contributed by atoms with Gasteiger partial charge in [-0.3, -0.25) is 9.59 Å². The molecule has 2 aromatic heterocycles. The molecule has 0 saturated carbocycles. The van der Waals surface area contributed by atoms with Gasteiger partial charge in [0.25, 0.3) is 10.0 Å². The minimum Gasteiger partial charge on any atom is -0.462 e. The highest BCUT2D eigenvalue weighted by molar-refractivity contribution is 7.91. The number of hydrogen-bond donors (Lipinski definition) is 1. The first-order chi connectivity index (χ1) is 16.6. The van der Waals surface area contributed by atoms with Crippen LogP contribution in [-0.4, -0.2) is 61.1 Å². The zero-order chi connectivity index (χ0) is 25.3. The van der Waals surface area contributed by atoms with Gasteiger partial charge in [0.05, 0.1) is 23.1 Å². The molecule has 1 unspecified atom stereocenters. The van der Waals surface area contributed by atoms with E-state index in [1.165, 1.54) is 34.7 Å². The number of anilines is 1. The minimum absolute atomic E-state index is 0.0657. The first-order valence-corrected chi connectivity index (χ1v) is 14.7. The molecule has 0 bridgehead atoms. The van der Waals surface area contributed by atoms with Crippen LogP contribution in [0.15, 0.2) is 16.3 Å². The molecule has 4 rings (SSSR count). The predicted octanol–water partition coefficient (Wildman–Crippen LogP) is 3.73. The van der Waals surface area contributed by atoms with Crippen molar-refractivity contribution in [1.82, 2.24) is 9.21 Å². The van der Waals surface area contributed by atoms with Crippen LogP contribution in [0.25, 0.3) is 0 Å². The molecule has 190 valence electrons. The molecule has 2 amide bonds. The molecule has 2 aromatic rings. The molecule has 1 N–H and O–H groups in total. The van der Waals surface area contributed by atoms with E-state index in [-0.39, 0.29) is 23.3 Å². The molecule has 13 heteroatoms. The van der Waals surface area contributed by atoms with Crippen molar-refractivity contribution in [3.05, 3.63) is 32.5 Å². The summed E-state index contributed by atoms with van der Waals surface area (Å²) in [6, 6.07) is 2.04. The van der Waals surface area contributed by atoms with Crippen LogP contribution in [0.2, 0.25) is 4.34 Å². The van der Waals surface area contributed by atoms with Crippen LogP contribution in [0.5, 0.6) is 0 Å². The predicted molar refractivity (Wildman–Crippen MR) is 135 cm³/mol. The second-order valence-electron chi connectivity index (χ2n) is 8.29. The lowest BCUT2D eigenvalue weighted by atomic mass is 10.0. The van der Waals surface area contributed by atoms with Crippen LogP contribution in [0.4, 0.5) is 5.00 Å². The molecule has 0 spiro atoms. The number of halogens is 1. The topological polar surface area (TPSA) is 113 Å². The number of thiophene rings is 2. The summed E-state index contributed by atoms with van der Waals surface area (Å²) in [5, 5.41) is 3.15. The summed E-state index contributed by atoms with van der Waals surface area (Å²) in [4.78, 5) is 40.6. The zero-order valence-corrected chi connectivity index (χ0v) is 22.5. The number of nitrogens with one attached hydrogen (secondary N) is 1. The van der Waals surface area contributed by atoms with Gasteiger partial charge < -0.3 is 15.0 Å². The third-order valence-electron chi connectivity index (χ3n) is 6.09. The second kappa shape index (κ2) is 10.6. The van der Waals surface area contributed by atoms with Crippen LogP contribution in [0.3, 0.4) is 0 Å². The van der Waals surface area contributed by atoms with Gasteiger partial charge >= 0.3 is 5.97 Å². The van der Waals surface area contributed by atoms with E-state index in [4.69, 9.17) is 16.3 Å². The van der Waals surface area contributed by atoms with Gasteiger partial charge in [-0.2, -0.15) is 4.31 Å². The molecule has 1 fully saturated rings. The van der Waals surface area contributed by atoms with E-state index in [9.17, 15) is 22.8 Å². The number of ether oxygens (including phenoxy) is 1. The minimum atomic E-state index is -3.91. The van der Waals surface area contributed by atoms with Gasteiger partial charge in [0.1, 0.15) is 15.3 Å². The highest BCUT2D eigenvalue weighted by atomic mass is 35.5. The summed E-state index contributed by atoms with van der Waals surface area (Å²) in [7, 11) is -3.91. The van der Waals surface area contributed by atoms with Gasteiger partial charge in [-0.05, 0) is 43.9 Å². The van der Waals surface area contributed by atoms with E-state index in [1.54, 1.807) is 11.8 Å². The number of amides is 2. The van der Waals surface area contributed by atoms with Crippen LogP contribution in [0.1, 0.15) is 53.9 Å². The molecule has 35 heavy (non-hydrogen) atoms. The Hall–Kier alpha value is -1.99. The zero-order valence-electron chi connectivity index (χ0n) is 19.3. The van der Waals surface area contributed by atoms with Crippen LogP contribution in [0, 0.1) is 0 Å². The van der Waals surface area contributed by atoms with Crippen molar-refractivity contribution in [2.75, 3.05) is 25.0 Å². The molecule has 0 aromatic carbocycles. The smallest absolute Gasteiger partial charge is 0.341 e.